The standard InChI is InChI=1S/C18H24N4O2.C2HF3O2/c1-13-6-7-17(24-13)18(23)22-10-14-15(19-20(2)16(14)12-22)11-21-8-4-3-5-9-21;3-2(4,5)1(6)7/h6-7H,3-5,8-12H2,1-2H3;(H,6,7). The fourth-order valence-electron chi connectivity index (χ4n) is 3.78. The molecule has 1 N–H and O–H groups in total. The van der Waals surface area contributed by atoms with E-state index < -0.39 is 12.1 Å². The number of aliphatic carboxylic acids is 1. The molecule has 4 rings (SSSR count). The summed E-state index contributed by atoms with van der Waals surface area (Å²) in [5.41, 5.74) is 3.50. The number of alkyl halides is 3. The van der Waals surface area contributed by atoms with Crippen molar-refractivity contribution in [2.24, 2.45) is 7.05 Å². The van der Waals surface area contributed by atoms with E-state index in [-0.39, 0.29) is 5.91 Å². The molecular formula is C20H25F3N4O4. The maximum Gasteiger partial charge on any atom is 0.490 e. The summed E-state index contributed by atoms with van der Waals surface area (Å²) in [5.74, 6) is -1.61. The highest BCUT2D eigenvalue weighted by Crippen LogP contribution is 2.28. The van der Waals surface area contributed by atoms with Crippen LogP contribution in [0.2, 0.25) is 0 Å². The lowest BCUT2D eigenvalue weighted by atomic mass is 10.1. The number of aromatic nitrogens is 2. The lowest BCUT2D eigenvalue weighted by molar-refractivity contribution is -0.192. The lowest BCUT2D eigenvalue weighted by Crippen LogP contribution is -2.30. The van der Waals surface area contributed by atoms with Gasteiger partial charge in [0.1, 0.15) is 5.76 Å². The van der Waals surface area contributed by atoms with E-state index in [1.165, 1.54) is 24.8 Å². The van der Waals surface area contributed by atoms with Crippen LogP contribution in [-0.4, -0.2) is 55.8 Å². The molecule has 1 saturated heterocycles. The first-order valence-electron chi connectivity index (χ1n) is 9.98. The zero-order valence-corrected chi connectivity index (χ0v) is 17.4. The van der Waals surface area contributed by atoms with Crippen molar-refractivity contribution in [3.63, 3.8) is 0 Å². The third kappa shape index (κ3) is 5.46. The summed E-state index contributed by atoms with van der Waals surface area (Å²) < 4.78 is 39.2. The molecule has 0 atom stereocenters. The normalized spacial score (nSPS) is 16.6. The van der Waals surface area contributed by atoms with Gasteiger partial charge in [0.2, 0.25) is 0 Å². The van der Waals surface area contributed by atoms with E-state index in [0.29, 0.717) is 18.8 Å². The Morgan fingerprint density at radius 3 is 2.35 bits per heavy atom. The molecule has 2 aromatic heterocycles. The monoisotopic (exact) mass is 442 g/mol. The minimum atomic E-state index is -5.08. The number of piperidine rings is 1. The van der Waals surface area contributed by atoms with Gasteiger partial charge in [0, 0.05) is 19.2 Å². The first-order chi connectivity index (χ1) is 14.6. The molecule has 31 heavy (non-hydrogen) atoms. The Hall–Kier alpha value is -2.82. The Balaban J connectivity index is 0.000000339. The van der Waals surface area contributed by atoms with Gasteiger partial charge in [-0.2, -0.15) is 18.3 Å². The number of carbonyl (C=O) groups is 2. The highest BCUT2D eigenvalue weighted by Gasteiger charge is 2.38. The van der Waals surface area contributed by atoms with Crippen molar-refractivity contribution in [1.82, 2.24) is 19.6 Å². The van der Waals surface area contributed by atoms with Gasteiger partial charge in [-0.15, -0.1) is 0 Å². The van der Waals surface area contributed by atoms with Crippen LogP contribution in [0.15, 0.2) is 16.5 Å². The smallest absolute Gasteiger partial charge is 0.475 e. The molecule has 1 amide bonds. The molecule has 2 aliphatic heterocycles. The van der Waals surface area contributed by atoms with Gasteiger partial charge < -0.3 is 14.4 Å². The molecule has 0 bridgehead atoms. The van der Waals surface area contributed by atoms with Gasteiger partial charge >= 0.3 is 12.1 Å². The number of rotatable bonds is 3. The van der Waals surface area contributed by atoms with E-state index >= 15 is 0 Å². The Kier molecular flexibility index (Phi) is 6.73. The van der Waals surface area contributed by atoms with Crippen molar-refractivity contribution < 1.29 is 32.3 Å². The van der Waals surface area contributed by atoms with Gasteiger partial charge in [-0.05, 0) is 45.0 Å². The molecule has 4 heterocycles. The summed E-state index contributed by atoms with van der Waals surface area (Å²) in [6.07, 6.45) is -1.20. The van der Waals surface area contributed by atoms with Crippen LogP contribution in [0.1, 0.15) is 52.5 Å². The number of hydrogen-bond donors (Lipinski definition) is 1. The molecule has 0 aromatic carbocycles. The fraction of sp³-hybridized carbons (Fsp3) is 0.550. The third-order valence-electron chi connectivity index (χ3n) is 5.35. The maximum absolute atomic E-state index is 12.6. The Labute approximate surface area is 177 Å². The van der Waals surface area contributed by atoms with Crippen LogP contribution >= 0.6 is 0 Å². The average Bonchev–Trinajstić information content (AvgIpc) is 3.40. The summed E-state index contributed by atoms with van der Waals surface area (Å²) in [4.78, 5) is 25.9. The second kappa shape index (κ2) is 9.13. The molecule has 0 saturated carbocycles. The number of aryl methyl sites for hydroxylation is 2. The van der Waals surface area contributed by atoms with Crippen molar-refractivity contribution in [3.8, 4) is 0 Å². The molecule has 2 aliphatic rings. The Morgan fingerprint density at radius 2 is 1.81 bits per heavy atom. The number of furan rings is 1. The highest BCUT2D eigenvalue weighted by atomic mass is 19.4. The number of carbonyl (C=O) groups excluding carboxylic acids is 1. The number of carboxylic acids is 1. The van der Waals surface area contributed by atoms with E-state index in [0.717, 1.165) is 36.8 Å². The Morgan fingerprint density at radius 1 is 1.16 bits per heavy atom. The van der Waals surface area contributed by atoms with E-state index in [9.17, 15) is 18.0 Å². The molecule has 8 nitrogen and oxygen atoms in total. The highest BCUT2D eigenvalue weighted by molar-refractivity contribution is 5.91. The summed E-state index contributed by atoms with van der Waals surface area (Å²) in [6.45, 7) is 6.29. The molecule has 2 aromatic rings. The summed E-state index contributed by atoms with van der Waals surface area (Å²) in [5, 5.41) is 11.8. The van der Waals surface area contributed by atoms with Crippen molar-refractivity contribution in [3.05, 3.63) is 40.6 Å². The van der Waals surface area contributed by atoms with Crippen LogP contribution < -0.4 is 0 Å². The summed E-state index contributed by atoms with van der Waals surface area (Å²) >= 11 is 0. The molecule has 0 aliphatic carbocycles. The van der Waals surface area contributed by atoms with Crippen LogP contribution in [0.3, 0.4) is 0 Å². The quantitative estimate of drug-likeness (QED) is 0.786. The van der Waals surface area contributed by atoms with Crippen LogP contribution in [0.4, 0.5) is 13.2 Å². The van der Waals surface area contributed by atoms with Gasteiger partial charge in [-0.3, -0.25) is 14.4 Å². The van der Waals surface area contributed by atoms with Crippen molar-refractivity contribution in [1.29, 1.82) is 0 Å². The molecule has 170 valence electrons. The first-order valence-corrected chi connectivity index (χ1v) is 9.98. The minimum Gasteiger partial charge on any atom is -0.475 e. The predicted octanol–water partition coefficient (Wildman–Crippen LogP) is 3.10. The zero-order chi connectivity index (χ0) is 22.8. The van der Waals surface area contributed by atoms with Crippen LogP contribution in [-0.2, 0) is 31.5 Å². The predicted molar refractivity (Wildman–Crippen MR) is 103 cm³/mol. The van der Waals surface area contributed by atoms with Crippen molar-refractivity contribution >= 4 is 11.9 Å². The molecule has 0 unspecified atom stereocenters. The van der Waals surface area contributed by atoms with E-state index in [2.05, 4.69) is 4.90 Å². The fourth-order valence-corrected chi connectivity index (χ4v) is 3.78. The average molecular weight is 442 g/mol. The van der Waals surface area contributed by atoms with E-state index in [1.54, 1.807) is 6.07 Å². The number of fused-ring (bicyclic) bond motifs is 1. The van der Waals surface area contributed by atoms with Gasteiger partial charge in [0.15, 0.2) is 5.76 Å². The molecular weight excluding hydrogens is 417 g/mol. The molecule has 0 radical (unpaired) electrons. The third-order valence-corrected chi connectivity index (χ3v) is 5.35. The van der Waals surface area contributed by atoms with E-state index in [1.807, 2.05) is 29.6 Å². The van der Waals surface area contributed by atoms with Crippen LogP contribution in [0.5, 0.6) is 0 Å². The first kappa shape index (κ1) is 22.9. The number of amides is 1. The topological polar surface area (TPSA) is 91.8 Å². The van der Waals surface area contributed by atoms with Crippen molar-refractivity contribution in [2.75, 3.05) is 13.1 Å². The van der Waals surface area contributed by atoms with Gasteiger partial charge in [-0.25, -0.2) is 4.79 Å². The lowest BCUT2D eigenvalue weighted by Gasteiger charge is -2.26. The second-order valence-electron chi connectivity index (χ2n) is 7.71. The maximum atomic E-state index is 12.6. The SMILES string of the molecule is Cc1ccc(C(=O)N2Cc3c(CN4CCCCC4)nn(C)c3C2)o1.O=C(O)C(F)(F)F. The number of carboxylic acid groups (broad SMARTS) is 1. The number of hydrogen-bond acceptors (Lipinski definition) is 5. The van der Waals surface area contributed by atoms with Gasteiger partial charge in [0.25, 0.3) is 5.91 Å². The van der Waals surface area contributed by atoms with Gasteiger partial charge in [-0.1, -0.05) is 6.42 Å². The van der Waals surface area contributed by atoms with Crippen LogP contribution in [0, 0.1) is 6.92 Å². The van der Waals surface area contributed by atoms with Crippen LogP contribution in [0.25, 0.3) is 0 Å². The van der Waals surface area contributed by atoms with Crippen molar-refractivity contribution in [2.45, 2.75) is 52.0 Å². The number of halogens is 3. The summed E-state index contributed by atoms with van der Waals surface area (Å²) in [7, 11) is 1.98. The van der Waals surface area contributed by atoms with E-state index in [4.69, 9.17) is 19.4 Å². The molecule has 1 fully saturated rings. The number of likely N-dealkylation sites (tertiary alicyclic amines) is 1. The number of nitrogens with zero attached hydrogens (tertiary/aromatic N) is 4. The zero-order valence-electron chi connectivity index (χ0n) is 17.4. The van der Waals surface area contributed by atoms with Gasteiger partial charge in [0.05, 0.1) is 24.5 Å². The summed E-state index contributed by atoms with van der Waals surface area (Å²) in [6, 6.07) is 3.59. The largest absolute Gasteiger partial charge is 0.490 e. The Bertz CT molecular complexity index is 945. The minimum absolute atomic E-state index is 0.0387. The second-order valence-corrected chi connectivity index (χ2v) is 7.71. The molecule has 11 heteroatoms. The molecule has 0 spiro atoms.